The van der Waals surface area contributed by atoms with E-state index in [9.17, 15) is 4.39 Å². The van der Waals surface area contributed by atoms with E-state index in [-0.39, 0.29) is 11.9 Å². The Kier molecular flexibility index (Phi) is 5.69. The number of halogens is 2. The van der Waals surface area contributed by atoms with Crippen molar-refractivity contribution in [2.24, 2.45) is 11.7 Å². The molecule has 2 N–H and O–H groups in total. The van der Waals surface area contributed by atoms with E-state index in [1.165, 1.54) is 18.9 Å². The van der Waals surface area contributed by atoms with Crippen LogP contribution in [-0.2, 0) is 0 Å². The van der Waals surface area contributed by atoms with E-state index in [0.29, 0.717) is 5.92 Å². The minimum absolute atomic E-state index is 0.0223. The highest BCUT2D eigenvalue weighted by atomic mass is 127. The maximum Gasteiger partial charge on any atom is 0.124 e. The second-order valence-corrected chi connectivity index (χ2v) is 5.56. The fourth-order valence-electron chi connectivity index (χ4n) is 1.97. The quantitative estimate of drug-likeness (QED) is 0.800. The van der Waals surface area contributed by atoms with E-state index < -0.39 is 0 Å². The smallest absolute Gasteiger partial charge is 0.124 e. The van der Waals surface area contributed by atoms with Gasteiger partial charge in [0.2, 0.25) is 0 Å². The average Bonchev–Trinajstić information content (AvgIpc) is 2.17. The Morgan fingerprint density at radius 1 is 1.44 bits per heavy atom. The molecule has 16 heavy (non-hydrogen) atoms. The Bertz CT molecular complexity index is 341. The van der Waals surface area contributed by atoms with Crippen LogP contribution in [0.1, 0.15) is 44.7 Å². The number of benzene rings is 1. The second-order valence-electron chi connectivity index (χ2n) is 4.40. The van der Waals surface area contributed by atoms with Gasteiger partial charge in [-0.2, -0.15) is 0 Å². The summed E-state index contributed by atoms with van der Waals surface area (Å²) in [6, 6.07) is 4.86. The van der Waals surface area contributed by atoms with Crippen LogP contribution in [0.2, 0.25) is 0 Å². The molecule has 0 aliphatic carbocycles. The fraction of sp³-hybridized carbons (Fsp3) is 0.538. The lowest BCUT2D eigenvalue weighted by atomic mass is 9.93. The maximum absolute atomic E-state index is 12.9. The van der Waals surface area contributed by atoms with E-state index in [1.54, 1.807) is 12.1 Å². The Balaban J connectivity index is 2.69. The second kappa shape index (κ2) is 6.55. The van der Waals surface area contributed by atoms with Crippen LogP contribution in [0.25, 0.3) is 0 Å². The molecule has 0 aliphatic heterocycles. The number of nitrogens with two attached hydrogens (primary N) is 1. The summed E-state index contributed by atoms with van der Waals surface area (Å²) >= 11 is 2.15. The van der Waals surface area contributed by atoms with Gasteiger partial charge in [0.05, 0.1) is 0 Å². The van der Waals surface area contributed by atoms with Crippen LogP contribution < -0.4 is 5.73 Å². The predicted molar refractivity (Wildman–Crippen MR) is 74.7 cm³/mol. The van der Waals surface area contributed by atoms with Crippen LogP contribution in [0.4, 0.5) is 4.39 Å². The molecule has 2 unspecified atom stereocenters. The molecule has 0 spiro atoms. The molecule has 0 aliphatic rings. The zero-order valence-corrected chi connectivity index (χ0v) is 12.0. The van der Waals surface area contributed by atoms with Gasteiger partial charge in [0.15, 0.2) is 0 Å². The highest BCUT2D eigenvalue weighted by molar-refractivity contribution is 14.1. The van der Waals surface area contributed by atoms with Crippen molar-refractivity contribution in [2.75, 3.05) is 0 Å². The van der Waals surface area contributed by atoms with Crippen LogP contribution >= 0.6 is 22.6 Å². The zero-order valence-electron chi connectivity index (χ0n) is 9.84. The summed E-state index contributed by atoms with van der Waals surface area (Å²) in [5, 5.41) is 0. The summed E-state index contributed by atoms with van der Waals surface area (Å²) in [7, 11) is 0. The summed E-state index contributed by atoms with van der Waals surface area (Å²) in [5.41, 5.74) is 7.21. The Labute approximate surface area is 111 Å². The first-order valence-corrected chi connectivity index (χ1v) is 6.83. The van der Waals surface area contributed by atoms with E-state index in [1.807, 2.05) is 0 Å². The molecule has 1 aromatic rings. The summed E-state index contributed by atoms with van der Waals surface area (Å²) in [6.45, 7) is 4.41. The molecule has 0 saturated heterocycles. The van der Waals surface area contributed by atoms with Crippen LogP contribution in [0.5, 0.6) is 0 Å². The fourth-order valence-corrected chi connectivity index (χ4v) is 2.85. The lowest BCUT2D eigenvalue weighted by molar-refractivity contribution is 0.439. The molecule has 0 amide bonds. The average molecular weight is 335 g/mol. The first-order valence-electron chi connectivity index (χ1n) is 5.75. The molecule has 1 aromatic carbocycles. The van der Waals surface area contributed by atoms with Gasteiger partial charge in [0.25, 0.3) is 0 Å². The molecule has 1 nitrogen and oxygen atoms in total. The molecule has 0 bridgehead atoms. The van der Waals surface area contributed by atoms with E-state index in [4.69, 9.17) is 5.73 Å². The highest BCUT2D eigenvalue weighted by Gasteiger charge is 2.13. The molecule has 1 rings (SSSR count). The molecule has 0 radical (unpaired) electrons. The topological polar surface area (TPSA) is 26.0 Å². The molecule has 0 heterocycles. The lowest BCUT2D eigenvalue weighted by Crippen LogP contribution is -2.15. The van der Waals surface area contributed by atoms with Crippen LogP contribution in [0.3, 0.4) is 0 Å². The SMILES string of the molecule is CCCC(C)CC(N)c1ccc(F)cc1I. The Morgan fingerprint density at radius 3 is 2.69 bits per heavy atom. The first-order chi connectivity index (χ1) is 7.54. The molecular formula is C13H19FIN. The molecule has 90 valence electrons. The Hall–Kier alpha value is -0.160. The third-order valence-electron chi connectivity index (χ3n) is 2.80. The van der Waals surface area contributed by atoms with Crippen molar-refractivity contribution in [1.29, 1.82) is 0 Å². The van der Waals surface area contributed by atoms with Gasteiger partial charge in [-0.15, -0.1) is 0 Å². The van der Waals surface area contributed by atoms with Crippen molar-refractivity contribution in [1.82, 2.24) is 0 Å². The van der Waals surface area contributed by atoms with E-state index >= 15 is 0 Å². The van der Waals surface area contributed by atoms with Crippen LogP contribution in [-0.4, -0.2) is 0 Å². The van der Waals surface area contributed by atoms with Crippen molar-refractivity contribution >= 4 is 22.6 Å². The lowest BCUT2D eigenvalue weighted by Gasteiger charge is -2.18. The zero-order chi connectivity index (χ0) is 12.1. The molecule has 0 saturated carbocycles. The summed E-state index contributed by atoms with van der Waals surface area (Å²) < 4.78 is 13.9. The summed E-state index contributed by atoms with van der Waals surface area (Å²) in [6.07, 6.45) is 3.36. The summed E-state index contributed by atoms with van der Waals surface area (Å²) in [4.78, 5) is 0. The van der Waals surface area contributed by atoms with Crippen molar-refractivity contribution in [3.63, 3.8) is 0 Å². The van der Waals surface area contributed by atoms with Crippen molar-refractivity contribution in [2.45, 2.75) is 39.2 Å². The third kappa shape index (κ3) is 4.01. The highest BCUT2D eigenvalue weighted by Crippen LogP contribution is 2.25. The summed E-state index contributed by atoms with van der Waals surface area (Å²) in [5.74, 6) is 0.433. The standard InChI is InChI=1S/C13H19FIN/c1-3-4-9(2)7-13(16)11-6-5-10(14)8-12(11)15/h5-6,8-9,13H,3-4,7,16H2,1-2H3. The van der Waals surface area contributed by atoms with Crippen LogP contribution in [0.15, 0.2) is 18.2 Å². The molecule has 0 aromatic heterocycles. The monoisotopic (exact) mass is 335 g/mol. The van der Waals surface area contributed by atoms with Crippen LogP contribution in [0, 0.1) is 15.3 Å². The van der Waals surface area contributed by atoms with Gasteiger partial charge in [0, 0.05) is 9.61 Å². The maximum atomic E-state index is 12.9. The first kappa shape index (κ1) is 13.9. The Morgan fingerprint density at radius 2 is 2.12 bits per heavy atom. The van der Waals surface area contributed by atoms with Crippen molar-refractivity contribution in [3.8, 4) is 0 Å². The van der Waals surface area contributed by atoms with Gasteiger partial charge in [-0.05, 0) is 52.6 Å². The van der Waals surface area contributed by atoms with Gasteiger partial charge >= 0.3 is 0 Å². The van der Waals surface area contributed by atoms with Crippen molar-refractivity contribution < 1.29 is 4.39 Å². The minimum Gasteiger partial charge on any atom is -0.324 e. The van der Waals surface area contributed by atoms with E-state index in [2.05, 4.69) is 36.4 Å². The van der Waals surface area contributed by atoms with Gasteiger partial charge < -0.3 is 5.73 Å². The number of hydrogen-bond acceptors (Lipinski definition) is 1. The molecular weight excluding hydrogens is 316 g/mol. The molecule has 0 fully saturated rings. The van der Waals surface area contributed by atoms with Crippen molar-refractivity contribution in [3.05, 3.63) is 33.1 Å². The van der Waals surface area contributed by atoms with Gasteiger partial charge in [-0.25, -0.2) is 4.39 Å². The normalized spacial score (nSPS) is 14.8. The third-order valence-corrected chi connectivity index (χ3v) is 3.73. The molecule has 3 heteroatoms. The van der Waals surface area contributed by atoms with Gasteiger partial charge in [-0.3, -0.25) is 0 Å². The number of hydrogen-bond donors (Lipinski definition) is 1. The van der Waals surface area contributed by atoms with Gasteiger partial charge in [0.1, 0.15) is 5.82 Å². The van der Waals surface area contributed by atoms with E-state index in [0.717, 1.165) is 15.6 Å². The largest absolute Gasteiger partial charge is 0.324 e. The molecule has 2 atom stereocenters. The van der Waals surface area contributed by atoms with Gasteiger partial charge in [-0.1, -0.05) is 32.8 Å². The minimum atomic E-state index is -0.193. The number of rotatable bonds is 5. The predicted octanol–water partition coefficient (Wildman–Crippen LogP) is 4.26.